The van der Waals surface area contributed by atoms with Crippen LogP contribution in [0.1, 0.15) is 25.6 Å². The third-order valence-electron chi connectivity index (χ3n) is 2.94. The summed E-state index contributed by atoms with van der Waals surface area (Å²) in [7, 11) is 0. The maximum atomic E-state index is 12.2. The molecule has 0 bridgehead atoms. The molecule has 0 atom stereocenters. The van der Waals surface area contributed by atoms with Crippen molar-refractivity contribution in [2.75, 3.05) is 5.73 Å². The van der Waals surface area contributed by atoms with Gasteiger partial charge in [0.2, 0.25) is 0 Å². The van der Waals surface area contributed by atoms with E-state index in [-0.39, 0.29) is 18.4 Å². The average molecular weight is 293 g/mol. The SMILES string of the molecule is Nc1ccc2c(c1)C(=O)N(Cc1ccc(Cl)s1)C2=O. The molecule has 3 rings (SSSR count). The number of hydrogen-bond donors (Lipinski definition) is 1. The molecule has 1 aromatic carbocycles. The summed E-state index contributed by atoms with van der Waals surface area (Å²) < 4.78 is 0.635. The van der Waals surface area contributed by atoms with Crippen molar-refractivity contribution in [3.63, 3.8) is 0 Å². The van der Waals surface area contributed by atoms with Crippen molar-refractivity contribution in [2.24, 2.45) is 0 Å². The summed E-state index contributed by atoms with van der Waals surface area (Å²) in [6.45, 7) is 0.240. The third-order valence-corrected chi connectivity index (χ3v) is 4.15. The Bertz CT molecular complexity index is 696. The fourth-order valence-corrected chi connectivity index (χ4v) is 3.12. The lowest BCUT2D eigenvalue weighted by atomic mass is 10.1. The fraction of sp³-hybridized carbons (Fsp3) is 0.0769. The molecule has 4 nitrogen and oxygen atoms in total. The predicted molar refractivity (Wildman–Crippen MR) is 74.4 cm³/mol. The zero-order chi connectivity index (χ0) is 13.6. The standard InChI is InChI=1S/C13H9ClN2O2S/c14-11-4-2-8(19-11)6-16-12(17)9-3-1-7(15)5-10(9)13(16)18/h1-5H,6,15H2. The number of carbonyl (C=O) groups excluding carboxylic acids is 2. The van der Waals surface area contributed by atoms with Gasteiger partial charge in [-0.2, -0.15) is 0 Å². The number of imide groups is 1. The van der Waals surface area contributed by atoms with Gasteiger partial charge >= 0.3 is 0 Å². The van der Waals surface area contributed by atoms with Crippen molar-refractivity contribution in [3.05, 3.63) is 50.7 Å². The number of benzene rings is 1. The van der Waals surface area contributed by atoms with Crippen LogP contribution in [0.4, 0.5) is 5.69 Å². The quantitative estimate of drug-likeness (QED) is 0.684. The molecule has 2 aromatic rings. The van der Waals surface area contributed by atoms with E-state index in [0.717, 1.165) is 4.88 Å². The van der Waals surface area contributed by atoms with Gasteiger partial charge in [0.25, 0.3) is 11.8 Å². The number of fused-ring (bicyclic) bond motifs is 1. The number of rotatable bonds is 2. The molecule has 1 aromatic heterocycles. The molecule has 0 unspecified atom stereocenters. The average Bonchev–Trinajstić information content (AvgIpc) is 2.88. The predicted octanol–water partition coefficient (Wildman–Crippen LogP) is 2.78. The van der Waals surface area contributed by atoms with Gasteiger partial charge in [-0.3, -0.25) is 14.5 Å². The van der Waals surface area contributed by atoms with Crippen LogP contribution in [0, 0.1) is 0 Å². The van der Waals surface area contributed by atoms with Gasteiger partial charge in [0, 0.05) is 10.6 Å². The summed E-state index contributed by atoms with van der Waals surface area (Å²) in [4.78, 5) is 26.4. The normalized spacial score (nSPS) is 14.1. The number of nitrogens with zero attached hydrogens (tertiary/aromatic N) is 1. The minimum atomic E-state index is -0.308. The number of carbonyl (C=O) groups is 2. The summed E-state index contributed by atoms with van der Waals surface area (Å²) in [5.41, 5.74) is 6.89. The first-order valence-corrected chi connectivity index (χ1v) is 6.75. The third kappa shape index (κ3) is 2.01. The van der Waals surface area contributed by atoms with Crippen molar-refractivity contribution < 1.29 is 9.59 Å². The number of hydrogen-bond acceptors (Lipinski definition) is 4. The summed E-state index contributed by atoms with van der Waals surface area (Å²) in [5.74, 6) is -0.596. The molecule has 0 fully saturated rings. The van der Waals surface area contributed by atoms with Crippen LogP contribution in [-0.2, 0) is 6.54 Å². The summed E-state index contributed by atoms with van der Waals surface area (Å²) in [6.07, 6.45) is 0. The molecule has 96 valence electrons. The Morgan fingerprint density at radius 1 is 1.11 bits per heavy atom. The minimum Gasteiger partial charge on any atom is -0.399 e. The lowest BCUT2D eigenvalue weighted by Gasteiger charge is -2.11. The zero-order valence-corrected chi connectivity index (χ0v) is 11.3. The molecule has 2 heterocycles. The van der Waals surface area contributed by atoms with E-state index in [9.17, 15) is 9.59 Å². The zero-order valence-electron chi connectivity index (χ0n) is 9.72. The van der Waals surface area contributed by atoms with Crippen LogP contribution >= 0.6 is 22.9 Å². The van der Waals surface area contributed by atoms with Crippen LogP contribution in [0.5, 0.6) is 0 Å². The van der Waals surface area contributed by atoms with E-state index >= 15 is 0 Å². The largest absolute Gasteiger partial charge is 0.399 e. The van der Waals surface area contributed by atoms with Gasteiger partial charge in [-0.25, -0.2) is 0 Å². The second kappa shape index (κ2) is 4.36. The van der Waals surface area contributed by atoms with Crippen molar-refractivity contribution >= 4 is 40.4 Å². The molecule has 2 amide bonds. The summed E-state index contributed by atoms with van der Waals surface area (Å²) in [5, 5.41) is 0. The molecule has 0 radical (unpaired) electrons. The Morgan fingerprint density at radius 3 is 2.53 bits per heavy atom. The van der Waals surface area contributed by atoms with E-state index in [2.05, 4.69) is 0 Å². The number of amides is 2. The Hall–Kier alpha value is -1.85. The van der Waals surface area contributed by atoms with E-state index < -0.39 is 0 Å². The fourth-order valence-electron chi connectivity index (χ4n) is 2.04. The number of nitrogens with two attached hydrogens (primary N) is 1. The Morgan fingerprint density at radius 2 is 1.84 bits per heavy atom. The maximum absolute atomic E-state index is 12.2. The van der Waals surface area contributed by atoms with Crippen LogP contribution in [0.15, 0.2) is 30.3 Å². The van der Waals surface area contributed by atoms with Gasteiger partial charge < -0.3 is 5.73 Å². The first-order valence-electron chi connectivity index (χ1n) is 5.56. The number of thiophene rings is 1. The Balaban J connectivity index is 1.94. The molecule has 19 heavy (non-hydrogen) atoms. The molecule has 0 aliphatic carbocycles. The van der Waals surface area contributed by atoms with Gasteiger partial charge in [-0.15, -0.1) is 11.3 Å². The van der Waals surface area contributed by atoms with Gasteiger partial charge in [0.05, 0.1) is 22.0 Å². The Kier molecular flexibility index (Phi) is 2.80. The van der Waals surface area contributed by atoms with Crippen molar-refractivity contribution in [1.29, 1.82) is 0 Å². The van der Waals surface area contributed by atoms with Gasteiger partial charge in [-0.1, -0.05) is 11.6 Å². The van der Waals surface area contributed by atoms with Crippen LogP contribution < -0.4 is 5.73 Å². The minimum absolute atomic E-state index is 0.240. The highest BCUT2D eigenvalue weighted by atomic mass is 35.5. The highest BCUT2D eigenvalue weighted by Gasteiger charge is 2.35. The van der Waals surface area contributed by atoms with Crippen LogP contribution in [0.3, 0.4) is 0 Å². The number of nitrogen functional groups attached to an aromatic ring is 1. The van der Waals surface area contributed by atoms with Gasteiger partial charge in [0.15, 0.2) is 0 Å². The van der Waals surface area contributed by atoms with Gasteiger partial charge in [0.1, 0.15) is 0 Å². The molecule has 1 aliphatic rings. The Labute approximate surface area is 118 Å². The van der Waals surface area contributed by atoms with Crippen molar-refractivity contribution in [1.82, 2.24) is 4.90 Å². The molecule has 6 heteroatoms. The second-order valence-corrected chi connectivity index (χ2v) is 6.01. The van der Waals surface area contributed by atoms with E-state index in [4.69, 9.17) is 17.3 Å². The van der Waals surface area contributed by atoms with E-state index in [1.54, 1.807) is 18.2 Å². The molecule has 0 spiro atoms. The van der Waals surface area contributed by atoms with E-state index in [0.29, 0.717) is 21.2 Å². The first-order chi connectivity index (χ1) is 9.06. The maximum Gasteiger partial charge on any atom is 0.261 e. The molecule has 0 saturated carbocycles. The lowest BCUT2D eigenvalue weighted by Crippen LogP contribution is -2.28. The first kappa shape index (κ1) is 12.2. The molecule has 0 saturated heterocycles. The molecular formula is C13H9ClN2O2S. The molecular weight excluding hydrogens is 284 g/mol. The summed E-state index contributed by atoms with van der Waals surface area (Å²) >= 11 is 7.20. The van der Waals surface area contributed by atoms with Crippen LogP contribution in [0.2, 0.25) is 4.34 Å². The van der Waals surface area contributed by atoms with E-state index in [1.165, 1.54) is 22.3 Å². The van der Waals surface area contributed by atoms with Gasteiger partial charge in [-0.05, 0) is 30.3 Å². The van der Waals surface area contributed by atoms with Crippen LogP contribution in [0.25, 0.3) is 0 Å². The highest BCUT2D eigenvalue weighted by molar-refractivity contribution is 7.16. The van der Waals surface area contributed by atoms with Crippen molar-refractivity contribution in [2.45, 2.75) is 6.54 Å². The highest BCUT2D eigenvalue weighted by Crippen LogP contribution is 2.29. The van der Waals surface area contributed by atoms with Crippen LogP contribution in [-0.4, -0.2) is 16.7 Å². The smallest absolute Gasteiger partial charge is 0.261 e. The monoisotopic (exact) mass is 292 g/mol. The molecule has 1 aliphatic heterocycles. The lowest BCUT2D eigenvalue weighted by molar-refractivity contribution is 0.0644. The number of anilines is 1. The van der Waals surface area contributed by atoms with E-state index in [1.807, 2.05) is 6.07 Å². The second-order valence-electron chi connectivity index (χ2n) is 4.21. The topological polar surface area (TPSA) is 63.4 Å². The summed E-state index contributed by atoms with van der Waals surface area (Å²) in [6, 6.07) is 8.31. The molecule has 2 N–H and O–H groups in total. The number of halogens is 1. The van der Waals surface area contributed by atoms with Crippen molar-refractivity contribution in [3.8, 4) is 0 Å².